The number of benzene rings is 3. The Labute approximate surface area is 191 Å². The summed E-state index contributed by atoms with van der Waals surface area (Å²) in [6.07, 6.45) is 2.28. The number of hydrogen-bond acceptors (Lipinski definition) is 6. The van der Waals surface area contributed by atoms with E-state index in [0.29, 0.717) is 10.8 Å². The molecule has 34 heavy (non-hydrogen) atoms. The summed E-state index contributed by atoms with van der Waals surface area (Å²) < 4.78 is 59.2. The van der Waals surface area contributed by atoms with Crippen LogP contribution in [0.1, 0.15) is 0 Å². The highest BCUT2D eigenvalue weighted by atomic mass is 32.2. The number of sulfonamides is 1. The van der Waals surface area contributed by atoms with Gasteiger partial charge in [0.25, 0.3) is 15.6 Å². The summed E-state index contributed by atoms with van der Waals surface area (Å²) in [4.78, 5) is 20.5. The van der Waals surface area contributed by atoms with Crippen LogP contribution in [-0.2, 0) is 10.0 Å². The van der Waals surface area contributed by atoms with Crippen molar-refractivity contribution in [2.45, 2.75) is 4.90 Å². The number of nitrogens with two attached hydrogens (primary N) is 1. The zero-order chi connectivity index (χ0) is 24.0. The molecule has 0 aliphatic carbocycles. The van der Waals surface area contributed by atoms with Crippen LogP contribution < -0.4 is 16.0 Å². The van der Waals surface area contributed by atoms with Gasteiger partial charge in [-0.05, 0) is 29.7 Å². The van der Waals surface area contributed by atoms with Gasteiger partial charge in [-0.3, -0.25) is 14.1 Å². The average Bonchev–Trinajstić information content (AvgIpc) is 2.82. The minimum Gasteiger partial charge on any atom is -0.368 e. The standard InChI is InChI=1S/C23H15F2N5O3S/c24-16-8-9-18(29-34(32,33)19-7-3-5-13-4-1-2-6-14(13)19)20(25)21(16)30-11-10-17-15(22(30)31)12-27-23(26)28-17/h1-12,29H,(H2,26,27,28). The van der Waals surface area contributed by atoms with Gasteiger partial charge in [-0.2, -0.15) is 0 Å². The third-order valence-electron chi connectivity index (χ3n) is 5.26. The van der Waals surface area contributed by atoms with Gasteiger partial charge in [0.05, 0.1) is 21.5 Å². The van der Waals surface area contributed by atoms with E-state index in [1.807, 2.05) is 0 Å². The maximum atomic E-state index is 15.4. The van der Waals surface area contributed by atoms with Crippen LogP contribution >= 0.6 is 0 Å². The lowest BCUT2D eigenvalue weighted by Crippen LogP contribution is -2.22. The molecule has 3 N–H and O–H groups in total. The highest BCUT2D eigenvalue weighted by Crippen LogP contribution is 2.29. The second kappa shape index (κ2) is 7.89. The molecular weight excluding hydrogens is 464 g/mol. The van der Waals surface area contributed by atoms with Gasteiger partial charge in [-0.25, -0.2) is 27.2 Å². The third kappa shape index (κ3) is 3.52. The topological polar surface area (TPSA) is 120 Å². The molecule has 3 aromatic carbocycles. The number of rotatable bonds is 4. The van der Waals surface area contributed by atoms with Gasteiger partial charge < -0.3 is 5.73 Å². The SMILES string of the molecule is Nc1ncc2c(=O)n(-c3c(F)ccc(NS(=O)(=O)c4cccc5ccccc45)c3F)ccc2n1. The van der Waals surface area contributed by atoms with Crippen LogP contribution in [0.5, 0.6) is 0 Å². The molecule has 0 bridgehead atoms. The second-order valence-electron chi connectivity index (χ2n) is 7.36. The molecule has 2 aromatic heterocycles. The average molecular weight is 479 g/mol. The van der Waals surface area contributed by atoms with Crippen LogP contribution in [-0.4, -0.2) is 23.0 Å². The Balaban J connectivity index is 1.64. The molecule has 2 heterocycles. The van der Waals surface area contributed by atoms with Crippen molar-refractivity contribution in [3.8, 4) is 5.69 Å². The minimum absolute atomic E-state index is 0.0164. The van der Waals surface area contributed by atoms with Gasteiger partial charge in [0.2, 0.25) is 5.95 Å². The number of nitrogens with zero attached hydrogens (tertiary/aromatic N) is 3. The number of nitrogens with one attached hydrogen (secondary N) is 1. The molecule has 0 unspecified atom stereocenters. The highest BCUT2D eigenvalue weighted by Gasteiger charge is 2.23. The molecule has 0 aliphatic rings. The summed E-state index contributed by atoms with van der Waals surface area (Å²) in [7, 11) is -4.26. The fourth-order valence-corrected chi connectivity index (χ4v) is 4.98. The van der Waals surface area contributed by atoms with Crippen LogP contribution in [0.3, 0.4) is 0 Å². The van der Waals surface area contributed by atoms with E-state index in [1.54, 1.807) is 36.4 Å². The molecule has 5 rings (SSSR count). The monoisotopic (exact) mass is 479 g/mol. The second-order valence-corrected chi connectivity index (χ2v) is 9.01. The van der Waals surface area contributed by atoms with Crippen LogP contribution in [0.2, 0.25) is 0 Å². The third-order valence-corrected chi connectivity index (χ3v) is 6.68. The van der Waals surface area contributed by atoms with E-state index in [4.69, 9.17) is 5.73 Å². The number of halogens is 2. The number of fused-ring (bicyclic) bond motifs is 2. The summed E-state index contributed by atoms with van der Waals surface area (Å²) in [5.74, 6) is -2.39. The number of anilines is 2. The van der Waals surface area contributed by atoms with E-state index in [-0.39, 0.29) is 21.7 Å². The predicted octanol–water partition coefficient (Wildman–Crippen LogP) is 3.60. The van der Waals surface area contributed by atoms with E-state index in [0.717, 1.165) is 29.1 Å². The molecule has 8 nitrogen and oxygen atoms in total. The number of hydrogen-bond donors (Lipinski definition) is 2. The van der Waals surface area contributed by atoms with E-state index in [1.165, 1.54) is 12.1 Å². The highest BCUT2D eigenvalue weighted by molar-refractivity contribution is 7.93. The lowest BCUT2D eigenvalue weighted by atomic mass is 10.1. The van der Waals surface area contributed by atoms with E-state index in [2.05, 4.69) is 14.7 Å². The van der Waals surface area contributed by atoms with Crippen molar-refractivity contribution in [2.24, 2.45) is 0 Å². The fraction of sp³-hybridized carbons (Fsp3) is 0. The van der Waals surface area contributed by atoms with Gasteiger partial charge in [0.1, 0.15) is 11.5 Å². The normalized spacial score (nSPS) is 11.7. The van der Waals surface area contributed by atoms with Crippen LogP contribution in [0, 0.1) is 11.6 Å². The van der Waals surface area contributed by atoms with Gasteiger partial charge in [-0.15, -0.1) is 0 Å². The van der Waals surface area contributed by atoms with Crippen molar-refractivity contribution in [3.63, 3.8) is 0 Å². The Morgan fingerprint density at radius 2 is 1.71 bits per heavy atom. The summed E-state index contributed by atoms with van der Waals surface area (Å²) in [6.45, 7) is 0. The quantitative estimate of drug-likeness (QED) is 0.407. The molecule has 0 fully saturated rings. The lowest BCUT2D eigenvalue weighted by Gasteiger charge is -2.15. The van der Waals surface area contributed by atoms with E-state index >= 15 is 4.39 Å². The van der Waals surface area contributed by atoms with Crippen LogP contribution in [0.25, 0.3) is 27.4 Å². The minimum atomic E-state index is -4.26. The van der Waals surface area contributed by atoms with Crippen molar-refractivity contribution < 1.29 is 17.2 Å². The van der Waals surface area contributed by atoms with Crippen molar-refractivity contribution >= 4 is 43.3 Å². The molecule has 0 spiro atoms. The largest absolute Gasteiger partial charge is 0.368 e. The first-order chi connectivity index (χ1) is 16.3. The molecule has 0 amide bonds. The van der Waals surface area contributed by atoms with E-state index in [9.17, 15) is 17.6 Å². The summed E-state index contributed by atoms with van der Waals surface area (Å²) >= 11 is 0. The van der Waals surface area contributed by atoms with Crippen molar-refractivity contribution in [1.82, 2.24) is 14.5 Å². The molecule has 0 aliphatic heterocycles. The zero-order valence-electron chi connectivity index (χ0n) is 17.2. The Hall–Kier alpha value is -4.38. The maximum absolute atomic E-state index is 15.4. The summed E-state index contributed by atoms with van der Waals surface area (Å²) in [6, 6.07) is 14.7. The number of pyridine rings is 1. The van der Waals surface area contributed by atoms with Gasteiger partial charge in [-0.1, -0.05) is 36.4 Å². The molecule has 170 valence electrons. The summed E-state index contributed by atoms with van der Waals surface area (Å²) in [5.41, 5.74) is 3.64. The maximum Gasteiger partial charge on any atom is 0.266 e. The van der Waals surface area contributed by atoms with Crippen molar-refractivity contribution in [3.05, 3.63) is 95.0 Å². The Morgan fingerprint density at radius 1 is 0.941 bits per heavy atom. The Bertz CT molecular complexity index is 1770. The van der Waals surface area contributed by atoms with Crippen molar-refractivity contribution in [2.75, 3.05) is 10.5 Å². The smallest absolute Gasteiger partial charge is 0.266 e. The van der Waals surface area contributed by atoms with Gasteiger partial charge in [0, 0.05) is 17.8 Å². The lowest BCUT2D eigenvalue weighted by molar-refractivity contribution is 0.568. The number of aromatic nitrogens is 3. The first-order valence-corrected chi connectivity index (χ1v) is 11.4. The predicted molar refractivity (Wildman–Crippen MR) is 124 cm³/mol. The Morgan fingerprint density at radius 3 is 2.53 bits per heavy atom. The zero-order valence-corrected chi connectivity index (χ0v) is 18.1. The molecule has 0 atom stereocenters. The van der Waals surface area contributed by atoms with Crippen LogP contribution in [0.4, 0.5) is 20.4 Å². The molecule has 5 aromatic rings. The molecule has 0 radical (unpaired) electrons. The number of nitrogen functional groups attached to an aromatic ring is 1. The molecule has 0 saturated heterocycles. The van der Waals surface area contributed by atoms with Gasteiger partial charge in [0.15, 0.2) is 5.82 Å². The van der Waals surface area contributed by atoms with Gasteiger partial charge >= 0.3 is 0 Å². The first kappa shape index (κ1) is 21.5. The summed E-state index contributed by atoms with van der Waals surface area (Å²) in [5, 5.41) is 1.10. The first-order valence-electron chi connectivity index (χ1n) is 9.89. The molecule has 11 heteroatoms. The Kier molecular flexibility index (Phi) is 4.98. The fourth-order valence-electron chi connectivity index (χ4n) is 3.69. The van der Waals surface area contributed by atoms with E-state index < -0.39 is 38.6 Å². The van der Waals surface area contributed by atoms with Crippen molar-refractivity contribution in [1.29, 1.82) is 0 Å². The molecule has 0 saturated carbocycles. The molecular formula is C23H15F2N5O3S. The van der Waals surface area contributed by atoms with Crippen LogP contribution in [0.15, 0.2) is 82.7 Å².